The van der Waals surface area contributed by atoms with Gasteiger partial charge in [-0.3, -0.25) is 9.59 Å². The van der Waals surface area contributed by atoms with Crippen molar-refractivity contribution in [2.45, 2.75) is 6.42 Å². The minimum absolute atomic E-state index is 0.0859. The first-order chi connectivity index (χ1) is 16.0. The first-order valence-electron chi connectivity index (χ1n) is 11.2. The number of carbonyl (C=O) groups excluding carboxylic acids is 2. The van der Waals surface area contributed by atoms with Crippen molar-refractivity contribution in [2.75, 3.05) is 68.1 Å². The fraction of sp³-hybridized carbons (Fsp3) is 0.417. The summed E-state index contributed by atoms with van der Waals surface area (Å²) in [4.78, 5) is 32.1. The van der Waals surface area contributed by atoms with E-state index in [4.69, 9.17) is 21.1 Å². The number of fused-ring (bicyclic) bond motifs is 1. The molecule has 0 aromatic heterocycles. The maximum atomic E-state index is 13.2. The number of benzene rings is 2. The lowest BCUT2D eigenvalue weighted by Crippen LogP contribution is -2.44. The molecule has 8 nitrogen and oxygen atoms in total. The zero-order chi connectivity index (χ0) is 22.9. The molecule has 33 heavy (non-hydrogen) atoms. The van der Waals surface area contributed by atoms with Gasteiger partial charge in [-0.2, -0.15) is 0 Å². The molecule has 0 unspecified atom stereocenters. The number of anilines is 3. The van der Waals surface area contributed by atoms with E-state index in [-0.39, 0.29) is 18.2 Å². The molecule has 3 aliphatic heterocycles. The number of likely N-dealkylation sites (N-methyl/N-ethyl adjacent to an activating group) is 1. The molecule has 2 amide bonds. The Bertz CT molecular complexity index is 1070. The second-order valence-electron chi connectivity index (χ2n) is 8.67. The lowest BCUT2D eigenvalue weighted by molar-refractivity contribution is -0.122. The Morgan fingerprint density at radius 2 is 1.79 bits per heavy atom. The minimum Gasteiger partial charge on any atom is -0.486 e. The molecule has 2 aromatic carbocycles. The van der Waals surface area contributed by atoms with E-state index in [1.54, 1.807) is 23.1 Å². The molecule has 1 N–H and O–H groups in total. The van der Waals surface area contributed by atoms with Crippen molar-refractivity contribution < 1.29 is 19.1 Å². The largest absolute Gasteiger partial charge is 0.486 e. The van der Waals surface area contributed by atoms with Crippen molar-refractivity contribution in [1.82, 2.24) is 4.90 Å². The van der Waals surface area contributed by atoms with Gasteiger partial charge in [-0.25, -0.2) is 0 Å². The summed E-state index contributed by atoms with van der Waals surface area (Å²) in [6.45, 7) is 4.97. The van der Waals surface area contributed by atoms with Crippen molar-refractivity contribution in [3.63, 3.8) is 0 Å². The van der Waals surface area contributed by atoms with E-state index >= 15 is 0 Å². The van der Waals surface area contributed by atoms with Crippen LogP contribution in [0.4, 0.5) is 17.1 Å². The first-order valence-corrected chi connectivity index (χ1v) is 11.6. The molecule has 3 heterocycles. The maximum absolute atomic E-state index is 13.2. The third-order valence-corrected chi connectivity index (χ3v) is 6.63. The van der Waals surface area contributed by atoms with E-state index < -0.39 is 5.92 Å². The van der Waals surface area contributed by atoms with E-state index in [1.807, 2.05) is 18.2 Å². The maximum Gasteiger partial charge on any atom is 0.229 e. The highest BCUT2D eigenvalue weighted by atomic mass is 35.5. The first kappa shape index (κ1) is 21.9. The number of hydrogen-bond donors (Lipinski definition) is 1. The average Bonchev–Trinajstić information content (AvgIpc) is 3.21. The summed E-state index contributed by atoms with van der Waals surface area (Å²) in [5, 5.41) is 3.60. The number of hydrogen-bond acceptors (Lipinski definition) is 6. The molecule has 3 aliphatic rings. The van der Waals surface area contributed by atoms with E-state index in [0.717, 1.165) is 31.9 Å². The van der Waals surface area contributed by atoms with Crippen molar-refractivity contribution in [1.29, 1.82) is 0 Å². The SMILES string of the molecule is CN1CCN(c2ccc(Cl)cc2NC(=O)[C@H]2CC(=O)N(c3ccc4c(c3)OCCO4)C2)CC1. The fourth-order valence-corrected chi connectivity index (χ4v) is 4.67. The number of halogens is 1. The minimum atomic E-state index is -0.454. The van der Waals surface area contributed by atoms with Gasteiger partial charge in [0.25, 0.3) is 0 Å². The van der Waals surface area contributed by atoms with E-state index in [1.165, 1.54) is 0 Å². The Balaban J connectivity index is 1.30. The third kappa shape index (κ3) is 4.58. The van der Waals surface area contributed by atoms with Crippen LogP contribution in [-0.4, -0.2) is 69.7 Å². The van der Waals surface area contributed by atoms with Crippen LogP contribution in [0.5, 0.6) is 11.5 Å². The van der Waals surface area contributed by atoms with Crippen LogP contribution in [0.1, 0.15) is 6.42 Å². The Morgan fingerprint density at radius 3 is 2.58 bits per heavy atom. The Kier molecular flexibility index (Phi) is 6.03. The van der Waals surface area contributed by atoms with Gasteiger partial charge in [0.1, 0.15) is 13.2 Å². The van der Waals surface area contributed by atoms with Gasteiger partial charge in [0.05, 0.1) is 17.3 Å². The predicted octanol–water partition coefficient (Wildman–Crippen LogP) is 2.85. The highest BCUT2D eigenvalue weighted by molar-refractivity contribution is 6.31. The molecule has 0 radical (unpaired) electrons. The number of carbonyl (C=O) groups is 2. The molecular formula is C24H27ClN4O4. The van der Waals surface area contributed by atoms with Gasteiger partial charge in [-0.15, -0.1) is 0 Å². The summed E-state index contributed by atoms with van der Waals surface area (Å²) < 4.78 is 11.2. The summed E-state index contributed by atoms with van der Waals surface area (Å²) in [7, 11) is 2.10. The number of ether oxygens (including phenoxy) is 2. The van der Waals surface area contributed by atoms with Crippen molar-refractivity contribution in [2.24, 2.45) is 5.92 Å². The Labute approximate surface area is 198 Å². The number of piperazine rings is 1. The van der Waals surface area contributed by atoms with Crippen LogP contribution in [0.2, 0.25) is 5.02 Å². The lowest BCUT2D eigenvalue weighted by atomic mass is 10.1. The third-order valence-electron chi connectivity index (χ3n) is 6.39. The molecule has 2 fully saturated rings. The van der Waals surface area contributed by atoms with Crippen LogP contribution in [0.25, 0.3) is 0 Å². The van der Waals surface area contributed by atoms with Gasteiger partial charge in [-0.05, 0) is 37.4 Å². The summed E-state index contributed by atoms with van der Waals surface area (Å²) in [5.41, 5.74) is 2.34. The molecule has 0 bridgehead atoms. The molecule has 1 atom stereocenters. The van der Waals surface area contributed by atoms with Crippen molar-refractivity contribution in [3.05, 3.63) is 41.4 Å². The van der Waals surface area contributed by atoms with Gasteiger partial charge in [0.2, 0.25) is 11.8 Å². The molecule has 174 valence electrons. The van der Waals surface area contributed by atoms with Crippen LogP contribution in [0.3, 0.4) is 0 Å². The van der Waals surface area contributed by atoms with Crippen LogP contribution in [0.15, 0.2) is 36.4 Å². The fourth-order valence-electron chi connectivity index (χ4n) is 4.50. The second kappa shape index (κ2) is 9.11. The number of nitrogens with zero attached hydrogens (tertiary/aromatic N) is 3. The zero-order valence-corrected chi connectivity index (χ0v) is 19.3. The van der Waals surface area contributed by atoms with Gasteiger partial charge in [-0.1, -0.05) is 11.6 Å². The standard InChI is InChI=1S/C24H27ClN4O4/c1-27-6-8-28(9-7-27)20-4-2-17(25)13-19(20)26-24(31)16-12-23(30)29(15-16)18-3-5-21-22(14-18)33-11-10-32-21/h2-5,13-14,16H,6-12,15H2,1H3,(H,26,31)/t16-/m0/s1. The Hall–Kier alpha value is -2.97. The zero-order valence-electron chi connectivity index (χ0n) is 18.6. The van der Waals surface area contributed by atoms with Crippen molar-refractivity contribution >= 4 is 40.5 Å². The molecule has 2 saturated heterocycles. The van der Waals surface area contributed by atoms with Gasteiger partial charge in [0, 0.05) is 55.9 Å². The van der Waals surface area contributed by atoms with Gasteiger partial charge in [0.15, 0.2) is 11.5 Å². The van der Waals surface area contributed by atoms with E-state index in [0.29, 0.717) is 47.7 Å². The molecule has 5 rings (SSSR count). The number of amides is 2. The van der Waals surface area contributed by atoms with Gasteiger partial charge >= 0.3 is 0 Å². The quantitative estimate of drug-likeness (QED) is 0.740. The smallest absolute Gasteiger partial charge is 0.229 e. The van der Waals surface area contributed by atoms with E-state index in [2.05, 4.69) is 22.2 Å². The molecule has 2 aromatic rings. The molecule has 9 heteroatoms. The van der Waals surface area contributed by atoms with Crippen molar-refractivity contribution in [3.8, 4) is 11.5 Å². The highest BCUT2D eigenvalue weighted by Crippen LogP contribution is 2.36. The molecule has 0 spiro atoms. The van der Waals surface area contributed by atoms with Gasteiger partial charge < -0.3 is 29.5 Å². The van der Waals surface area contributed by atoms with Crippen LogP contribution >= 0.6 is 11.6 Å². The number of nitrogens with one attached hydrogen (secondary N) is 1. The second-order valence-corrected chi connectivity index (χ2v) is 9.11. The normalized spacial score (nSPS) is 20.8. The number of rotatable bonds is 4. The topological polar surface area (TPSA) is 74.4 Å². The van der Waals surface area contributed by atoms with Crippen LogP contribution in [0, 0.1) is 5.92 Å². The summed E-state index contributed by atoms with van der Waals surface area (Å²) >= 11 is 6.24. The molecular weight excluding hydrogens is 444 g/mol. The lowest BCUT2D eigenvalue weighted by Gasteiger charge is -2.35. The molecule has 0 aliphatic carbocycles. The summed E-state index contributed by atoms with van der Waals surface area (Å²) in [6.07, 6.45) is 0.157. The average molecular weight is 471 g/mol. The Morgan fingerprint density at radius 1 is 1.03 bits per heavy atom. The predicted molar refractivity (Wildman–Crippen MR) is 128 cm³/mol. The van der Waals surface area contributed by atoms with Crippen LogP contribution in [-0.2, 0) is 9.59 Å². The summed E-state index contributed by atoms with van der Waals surface area (Å²) in [5.74, 6) is 0.571. The molecule has 0 saturated carbocycles. The monoisotopic (exact) mass is 470 g/mol. The summed E-state index contributed by atoms with van der Waals surface area (Å²) in [6, 6.07) is 11.0. The van der Waals surface area contributed by atoms with E-state index in [9.17, 15) is 9.59 Å². The highest BCUT2D eigenvalue weighted by Gasteiger charge is 2.36. The van der Waals surface area contributed by atoms with Crippen LogP contribution < -0.4 is 24.6 Å².